The maximum atomic E-state index is 5.45. The van der Waals surface area contributed by atoms with Gasteiger partial charge < -0.3 is 14.8 Å². The first-order chi connectivity index (χ1) is 9.21. The molecule has 0 radical (unpaired) electrons. The number of nitrogens with zero attached hydrogens (tertiary/aromatic N) is 1. The van der Waals surface area contributed by atoms with Crippen molar-refractivity contribution in [2.75, 3.05) is 40.4 Å². The summed E-state index contributed by atoms with van der Waals surface area (Å²) in [6.07, 6.45) is 5.74. The molecule has 1 N–H and O–H groups in total. The van der Waals surface area contributed by atoms with E-state index in [4.69, 9.17) is 9.47 Å². The van der Waals surface area contributed by atoms with Gasteiger partial charge >= 0.3 is 0 Å². The molecule has 114 valence electrons. The van der Waals surface area contributed by atoms with Crippen molar-refractivity contribution < 1.29 is 9.47 Å². The summed E-state index contributed by atoms with van der Waals surface area (Å²) in [6, 6.07) is 0.630. The van der Waals surface area contributed by atoms with E-state index in [0.29, 0.717) is 6.04 Å². The third-order valence-electron chi connectivity index (χ3n) is 4.06. The average molecular weight is 272 g/mol. The minimum atomic E-state index is 0.229. The van der Waals surface area contributed by atoms with Crippen LogP contribution in [0.25, 0.3) is 0 Å². The number of nitrogens with one attached hydrogen (secondary N) is 1. The van der Waals surface area contributed by atoms with E-state index >= 15 is 0 Å². The van der Waals surface area contributed by atoms with E-state index in [9.17, 15) is 0 Å². The minimum absolute atomic E-state index is 0.229. The lowest BCUT2D eigenvalue weighted by Crippen LogP contribution is -2.35. The maximum Gasteiger partial charge on any atom is 0.0971 e. The van der Waals surface area contributed by atoms with Gasteiger partial charge in [0.2, 0.25) is 0 Å². The van der Waals surface area contributed by atoms with Crippen LogP contribution >= 0.6 is 0 Å². The SMILES string of the molecule is CCCCCC(C)NCCN1CC(OC)C(OC)C1. The lowest BCUT2D eigenvalue weighted by atomic mass is 10.1. The summed E-state index contributed by atoms with van der Waals surface area (Å²) in [5.74, 6) is 0. The van der Waals surface area contributed by atoms with Crippen LogP contribution in [-0.2, 0) is 9.47 Å². The van der Waals surface area contributed by atoms with Gasteiger partial charge in [0.15, 0.2) is 0 Å². The van der Waals surface area contributed by atoms with E-state index in [1.165, 1.54) is 25.7 Å². The Kier molecular flexibility index (Phi) is 8.62. The summed E-state index contributed by atoms with van der Waals surface area (Å²) >= 11 is 0. The van der Waals surface area contributed by atoms with E-state index in [1.807, 2.05) is 0 Å². The summed E-state index contributed by atoms with van der Waals surface area (Å²) in [4.78, 5) is 2.42. The topological polar surface area (TPSA) is 33.7 Å². The quantitative estimate of drug-likeness (QED) is 0.616. The van der Waals surface area contributed by atoms with Crippen LogP contribution in [0.5, 0.6) is 0 Å². The van der Waals surface area contributed by atoms with Gasteiger partial charge in [-0.3, -0.25) is 4.90 Å². The number of hydrogen-bond acceptors (Lipinski definition) is 4. The molecule has 19 heavy (non-hydrogen) atoms. The molecule has 0 aromatic rings. The van der Waals surface area contributed by atoms with Crippen LogP contribution in [0.1, 0.15) is 39.5 Å². The highest BCUT2D eigenvalue weighted by molar-refractivity contribution is 4.85. The highest BCUT2D eigenvalue weighted by atomic mass is 16.5. The van der Waals surface area contributed by atoms with E-state index in [-0.39, 0.29) is 12.2 Å². The molecular weight excluding hydrogens is 240 g/mol. The average Bonchev–Trinajstić information content (AvgIpc) is 2.81. The van der Waals surface area contributed by atoms with Gasteiger partial charge in [0.25, 0.3) is 0 Å². The summed E-state index contributed by atoms with van der Waals surface area (Å²) in [6.45, 7) is 8.65. The molecule has 3 atom stereocenters. The van der Waals surface area contributed by atoms with Crippen LogP contribution in [0, 0.1) is 0 Å². The molecule has 1 aliphatic heterocycles. The van der Waals surface area contributed by atoms with Crippen molar-refractivity contribution in [3.05, 3.63) is 0 Å². The lowest BCUT2D eigenvalue weighted by molar-refractivity contribution is -0.00461. The lowest BCUT2D eigenvalue weighted by Gasteiger charge is -2.18. The zero-order chi connectivity index (χ0) is 14.1. The largest absolute Gasteiger partial charge is 0.377 e. The number of rotatable bonds is 10. The van der Waals surface area contributed by atoms with Gasteiger partial charge in [-0.05, 0) is 13.3 Å². The highest BCUT2D eigenvalue weighted by Gasteiger charge is 2.32. The summed E-state index contributed by atoms with van der Waals surface area (Å²) < 4.78 is 10.9. The third-order valence-corrected chi connectivity index (χ3v) is 4.06. The fourth-order valence-electron chi connectivity index (χ4n) is 2.73. The molecule has 3 unspecified atom stereocenters. The van der Waals surface area contributed by atoms with E-state index < -0.39 is 0 Å². The molecule has 0 amide bonds. The van der Waals surface area contributed by atoms with Crippen LogP contribution in [0.15, 0.2) is 0 Å². The second-order valence-corrected chi connectivity index (χ2v) is 5.66. The third kappa shape index (κ3) is 6.21. The van der Waals surface area contributed by atoms with Gasteiger partial charge in [0, 0.05) is 46.4 Å². The Morgan fingerprint density at radius 1 is 1.16 bits per heavy atom. The maximum absolute atomic E-state index is 5.45. The van der Waals surface area contributed by atoms with Gasteiger partial charge in [-0.2, -0.15) is 0 Å². The van der Waals surface area contributed by atoms with Crippen molar-refractivity contribution in [2.45, 2.75) is 57.8 Å². The molecule has 0 bridgehead atoms. The van der Waals surface area contributed by atoms with Gasteiger partial charge in [-0.25, -0.2) is 0 Å². The van der Waals surface area contributed by atoms with Crippen molar-refractivity contribution in [2.24, 2.45) is 0 Å². The number of likely N-dealkylation sites (tertiary alicyclic amines) is 1. The first kappa shape index (κ1) is 16.9. The van der Waals surface area contributed by atoms with E-state index in [0.717, 1.165) is 26.2 Å². The molecule has 1 heterocycles. The van der Waals surface area contributed by atoms with Gasteiger partial charge in [-0.1, -0.05) is 26.2 Å². The normalized spacial score (nSPS) is 25.9. The van der Waals surface area contributed by atoms with Crippen molar-refractivity contribution in [3.8, 4) is 0 Å². The Hall–Kier alpha value is -0.160. The van der Waals surface area contributed by atoms with Crippen molar-refractivity contribution >= 4 is 0 Å². The molecule has 0 aromatic carbocycles. The van der Waals surface area contributed by atoms with Crippen LogP contribution < -0.4 is 5.32 Å². The van der Waals surface area contributed by atoms with E-state index in [2.05, 4.69) is 24.1 Å². The molecule has 0 saturated carbocycles. The van der Waals surface area contributed by atoms with Crippen molar-refractivity contribution in [3.63, 3.8) is 0 Å². The molecule has 4 heteroatoms. The number of unbranched alkanes of at least 4 members (excludes halogenated alkanes) is 2. The Morgan fingerprint density at radius 2 is 1.79 bits per heavy atom. The standard InChI is InChI=1S/C15H32N2O2/c1-5-6-7-8-13(2)16-9-10-17-11-14(18-3)15(12-17)19-4/h13-16H,5-12H2,1-4H3. The first-order valence-corrected chi connectivity index (χ1v) is 7.72. The predicted octanol–water partition coefficient (Wildman–Crippen LogP) is 1.89. The second kappa shape index (κ2) is 9.70. The van der Waals surface area contributed by atoms with Gasteiger partial charge in [0.05, 0.1) is 12.2 Å². The van der Waals surface area contributed by atoms with Crippen LogP contribution in [-0.4, -0.2) is 63.5 Å². The molecule has 1 rings (SSSR count). The van der Waals surface area contributed by atoms with Crippen LogP contribution in [0.2, 0.25) is 0 Å². The zero-order valence-electron chi connectivity index (χ0n) is 13.2. The Morgan fingerprint density at radius 3 is 2.32 bits per heavy atom. The van der Waals surface area contributed by atoms with Crippen molar-refractivity contribution in [1.82, 2.24) is 10.2 Å². The monoisotopic (exact) mass is 272 g/mol. The Balaban J connectivity index is 2.09. The fourth-order valence-corrected chi connectivity index (χ4v) is 2.73. The Labute approximate surface area is 118 Å². The second-order valence-electron chi connectivity index (χ2n) is 5.66. The Bertz CT molecular complexity index is 214. The molecule has 1 saturated heterocycles. The number of hydrogen-bond donors (Lipinski definition) is 1. The van der Waals surface area contributed by atoms with Crippen LogP contribution in [0.3, 0.4) is 0 Å². The number of ether oxygens (including phenoxy) is 2. The molecule has 1 aliphatic rings. The smallest absolute Gasteiger partial charge is 0.0971 e. The molecule has 0 aromatic heterocycles. The van der Waals surface area contributed by atoms with E-state index in [1.54, 1.807) is 14.2 Å². The summed E-state index contributed by atoms with van der Waals surface area (Å²) in [5.41, 5.74) is 0. The minimum Gasteiger partial charge on any atom is -0.377 e. The zero-order valence-corrected chi connectivity index (χ0v) is 13.2. The molecule has 0 aliphatic carbocycles. The molecule has 1 fully saturated rings. The number of methoxy groups -OCH3 is 2. The first-order valence-electron chi connectivity index (χ1n) is 7.72. The molecule has 0 spiro atoms. The van der Waals surface area contributed by atoms with Gasteiger partial charge in [-0.15, -0.1) is 0 Å². The van der Waals surface area contributed by atoms with Crippen molar-refractivity contribution in [1.29, 1.82) is 0 Å². The molecule has 4 nitrogen and oxygen atoms in total. The fraction of sp³-hybridized carbons (Fsp3) is 1.00. The van der Waals surface area contributed by atoms with Gasteiger partial charge in [0.1, 0.15) is 0 Å². The predicted molar refractivity (Wildman–Crippen MR) is 79.6 cm³/mol. The summed E-state index contributed by atoms with van der Waals surface area (Å²) in [7, 11) is 3.54. The van der Waals surface area contributed by atoms with Crippen LogP contribution in [0.4, 0.5) is 0 Å². The molecular formula is C15H32N2O2. The summed E-state index contributed by atoms with van der Waals surface area (Å²) in [5, 5.41) is 3.61. The highest BCUT2D eigenvalue weighted by Crippen LogP contribution is 2.14.